The number of piperazine rings is 1. The van der Waals surface area contributed by atoms with Gasteiger partial charge in [-0.1, -0.05) is 0 Å². The number of nitrogens with zero attached hydrogens (tertiary/aromatic N) is 3. The van der Waals surface area contributed by atoms with Crippen molar-refractivity contribution in [3.8, 4) is 0 Å². The number of carboxylic acids is 1. The molecule has 21 heavy (non-hydrogen) atoms. The summed E-state index contributed by atoms with van der Waals surface area (Å²) in [7, 11) is 2.05. The Bertz CT molecular complexity index is 542. The molecule has 7 heteroatoms. The van der Waals surface area contributed by atoms with E-state index in [0.717, 1.165) is 6.54 Å². The summed E-state index contributed by atoms with van der Waals surface area (Å²) in [5.74, 6) is -1.09. The van der Waals surface area contributed by atoms with Gasteiger partial charge in [-0.15, -0.1) is 0 Å². The van der Waals surface area contributed by atoms with Crippen molar-refractivity contribution in [2.45, 2.75) is 19.4 Å². The third-order valence-electron chi connectivity index (χ3n) is 3.84. The van der Waals surface area contributed by atoms with Crippen molar-refractivity contribution in [3.05, 3.63) is 24.0 Å². The van der Waals surface area contributed by atoms with Gasteiger partial charge >= 0.3 is 12.0 Å². The van der Waals surface area contributed by atoms with Crippen molar-refractivity contribution in [1.82, 2.24) is 14.8 Å². The van der Waals surface area contributed by atoms with Gasteiger partial charge in [-0.05, 0) is 33.0 Å². The molecular weight excluding hydrogens is 272 g/mol. The van der Waals surface area contributed by atoms with Crippen molar-refractivity contribution in [2.75, 3.05) is 32.0 Å². The molecule has 1 saturated heterocycles. The summed E-state index contributed by atoms with van der Waals surface area (Å²) in [6.07, 6.45) is 1.35. The summed E-state index contributed by atoms with van der Waals surface area (Å²) < 4.78 is 0. The van der Waals surface area contributed by atoms with Crippen LogP contribution in [0.5, 0.6) is 0 Å². The highest BCUT2D eigenvalue weighted by atomic mass is 16.4. The summed E-state index contributed by atoms with van der Waals surface area (Å²) in [6, 6.07) is 2.71. The van der Waals surface area contributed by atoms with E-state index in [0.29, 0.717) is 18.8 Å². The number of aromatic carboxylic acids is 1. The van der Waals surface area contributed by atoms with E-state index in [2.05, 4.69) is 29.0 Å². The fourth-order valence-electron chi connectivity index (χ4n) is 2.21. The monoisotopic (exact) mass is 292 g/mol. The lowest BCUT2D eigenvalue weighted by molar-refractivity contribution is 0.0608. The van der Waals surface area contributed by atoms with Crippen LogP contribution >= 0.6 is 0 Å². The van der Waals surface area contributed by atoms with Crippen LogP contribution in [0.1, 0.15) is 24.3 Å². The number of rotatable bonds is 2. The number of amides is 2. The number of anilines is 1. The predicted octanol–water partition coefficient (Wildman–Crippen LogP) is 1.34. The van der Waals surface area contributed by atoms with Crippen LogP contribution in [0.2, 0.25) is 0 Å². The van der Waals surface area contributed by atoms with Crippen molar-refractivity contribution >= 4 is 17.7 Å². The molecule has 0 spiro atoms. The lowest BCUT2D eigenvalue weighted by atomic mass is 10.0. The Morgan fingerprint density at radius 2 is 2.05 bits per heavy atom. The highest BCUT2D eigenvalue weighted by Gasteiger charge is 2.33. The first-order valence-electron chi connectivity index (χ1n) is 6.76. The molecule has 7 nitrogen and oxygen atoms in total. The summed E-state index contributed by atoms with van der Waals surface area (Å²) in [4.78, 5) is 30.7. The fourth-order valence-corrected chi connectivity index (χ4v) is 2.21. The zero-order valence-electron chi connectivity index (χ0n) is 12.5. The molecule has 0 aliphatic carbocycles. The number of carbonyl (C=O) groups excluding carboxylic acids is 1. The molecule has 0 aromatic carbocycles. The van der Waals surface area contributed by atoms with E-state index in [-0.39, 0.29) is 17.3 Å². The Morgan fingerprint density at radius 3 is 2.57 bits per heavy atom. The number of likely N-dealkylation sites (N-methyl/N-ethyl adjacent to an activating group) is 1. The molecule has 114 valence electrons. The van der Waals surface area contributed by atoms with E-state index >= 15 is 0 Å². The molecule has 0 atom stereocenters. The third-order valence-corrected chi connectivity index (χ3v) is 3.84. The first kappa shape index (κ1) is 15.2. The summed E-state index contributed by atoms with van der Waals surface area (Å²) in [6.45, 7) is 6.30. The largest absolute Gasteiger partial charge is 0.477 e. The van der Waals surface area contributed by atoms with Gasteiger partial charge in [0.25, 0.3) is 0 Å². The summed E-state index contributed by atoms with van der Waals surface area (Å²) in [5.41, 5.74) is 0.372. The number of aromatic nitrogens is 1. The van der Waals surface area contributed by atoms with E-state index in [4.69, 9.17) is 5.11 Å². The average molecular weight is 292 g/mol. The molecule has 0 bridgehead atoms. The second kappa shape index (κ2) is 5.69. The first-order valence-corrected chi connectivity index (χ1v) is 6.76. The van der Waals surface area contributed by atoms with Gasteiger partial charge in [-0.2, -0.15) is 0 Å². The number of hydrogen-bond donors (Lipinski definition) is 2. The minimum absolute atomic E-state index is 0.0475. The number of carboxylic acid groups (broad SMARTS) is 1. The van der Waals surface area contributed by atoms with Gasteiger partial charge in [-0.25, -0.2) is 14.6 Å². The third kappa shape index (κ3) is 3.49. The van der Waals surface area contributed by atoms with Crippen LogP contribution in [0.4, 0.5) is 10.5 Å². The zero-order chi connectivity index (χ0) is 15.6. The fraction of sp³-hybridized carbons (Fsp3) is 0.500. The van der Waals surface area contributed by atoms with E-state index in [1.165, 1.54) is 18.3 Å². The molecule has 1 aromatic rings. The van der Waals surface area contributed by atoms with Crippen LogP contribution in [0.25, 0.3) is 0 Å². The normalized spacial score (nSPS) is 18.3. The van der Waals surface area contributed by atoms with Crippen LogP contribution in [0.15, 0.2) is 18.3 Å². The van der Waals surface area contributed by atoms with Crippen molar-refractivity contribution < 1.29 is 14.7 Å². The van der Waals surface area contributed by atoms with Gasteiger partial charge in [0.05, 0.1) is 11.9 Å². The van der Waals surface area contributed by atoms with Crippen LogP contribution < -0.4 is 5.32 Å². The average Bonchev–Trinajstić information content (AvgIpc) is 2.42. The Labute approximate surface area is 123 Å². The van der Waals surface area contributed by atoms with Gasteiger partial charge in [0.1, 0.15) is 5.69 Å². The van der Waals surface area contributed by atoms with Gasteiger partial charge in [-0.3, -0.25) is 4.90 Å². The molecule has 2 N–H and O–H groups in total. The van der Waals surface area contributed by atoms with Crippen LogP contribution in [-0.2, 0) is 0 Å². The van der Waals surface area contributed by atoms with Crippen LogP contribution in [0.3, 0.4) is 0 Å². The van der Waals surface area contributed by atoms with Crippen molar-refractivity contribution in [1.29, 1.82) is 0 Å². The zero-order valence-corrected chi connectivity index (χ0v) is 12.5. The van der Waals surface area contributed by atoms with Crippen molar-refractivity contribution in [3.63, 3.8) is 0 Å². The lowest BCUT2D eigenvalue weighted by Crippen LogP contribution is -2.59. The Balaban J connectivity index is 2.00. The highest BCUT2D eigenvalue weighted by molar-refractivity contribution is 5.90. The molecule has 2 rings (SSSR count). The SMILES string of the molecule is CN1CCN(C(=O)Nc2ccc(C(=O)O)nc2)CC1(C)C. The van der Waals surface area contributed by atoms with Crippen molar-refractivity contribution in [2.24, 2.45) is 0 Å². The Morgan fingerprint density at radius 1 is 1.33 bits per heavy atom. The smallest absolute Gasteiger partial charge is 0.354 e. The second-order valence-corrected chi connectivity index (χ2v) is 5.82. The van der Waals surface area contributed by atoms with Crippen LogP contribution in [0, 0.1) is 0 Å². The maximum Gasteiger partial charge on any atom is 0.354 e. The number of urea groups is 1. The quantitative estimate of drug-likeness (QED) is 0.859. The maximum atomic E-state index is 12.2. The molecule has 0 saturated carbocycles. The summed E-state index contributed by atoms with van der Waals surface area (Å²) in [5, 5.41) is 11.5. The molecule has 1 aliphatic rings. The van der Waals surface area contributed by atoms with Crippen LogP contribution in [-0.4, -0.2) is 64.1 Å². The number of nitrogens with one attached hydrogen (secondary N) is 1. The second-order valence-electron chi connectivity index (χ2n) is 5.82. The number of pyridine rings is 1. The minimum Gasteiger partial charge on any atom is -0.477 e. The highest BCUT2D eigenvalue weighted by Crippen LogP contribution is 2.19. The molecule has 0 radical (unpaired) electrons. The van der Waals surface area contributed by atoms with Gasteiger partial charge < -0.3 is 15.3 Å². The minimum atomic E-state index is -1.09. The topological polar surface area (TPSA) is 85.8 Å². The maximum absolute atomic E-state index is 12.2. The molecule has 0 unspecified atom stereocenters. The van der Waals surface area contributed by atoms with Gasteiger partial charge in [0.2, 0.25) is 0 Å². The molecular formula is C14H20N4O3. The standard InChI is InChI=1S/C14H20N4O3/c1-14(2)9-18(7-6-17(14)3)13(21)16-10-4-5-11(12(19)20)15-8-10/h4-5,8H,6-7,9H2,1-3H3,(H,16,21)(H,19,20). The molecule has 2 amide bonds. The van der Waals surface area contributed by atoms with E-state index in [1.807, 2.05) is 7.05 Å². The molecule has 1 aliphatic heterocycles. The van der Waals surface area contributed by atoms with E-state index < -0.39 is 5.97 Å². The Kier molecular flexibility index (Phi) is 4.13. The Hall–Kier alpha value is -2.15. The van der Waals surface area contributed by atoms with Gasteiger partial charge in [0, 0.05) is 25.2 Å². The lowest BCUT2D eigenvalue weighted by Gasteiger charge is -2.45. The van der Waals surface area contributed by atoms with E-state index in [1.54, 1.807) is 4.90 Å². The molecule has 1 fully saturated rings. The van der Waals surface area contributed by atoms with Gasteiger partial charge in [0.15, 0.2) is 0 Å². The number of hydrogen-bond acceptors (Lipinski definition) is 4. The first-order chi connectivity index (χ1) is 9.79. The predicted molar refractivity (Wildman–Crippen MR) is 78.5 cm³/mol. The molecule has 1 aromatic heterocycles. The molecule has 2 heterocycles. The summed E-state index contributed by atoms with van der Waals surface area (Å²) >= 11 is 0. The number of carbonyl (C=O) groups is 2. The van der Waals surface area contributed by atoms with E-state index in [9.17, 15) is 9.59 Å².